The smallest absolute Gasteiger partial charge is 0.226 e. The lowest BCUT2D eigenvalue weighted by atomic mass is 10.1. The molecule has 0 radical (unpaired) electrons. The van der Waals surface area contributed by atoms with Gasteiger partial charge in [0.15, 0.2) is 0 Å². The van der Waals surface area contributed by atoms with Gasteiger partial charge in [-0.05, 0) is 31.7 Å². The van der Waals surface area contributed by atoms with Crippen molar-refractivity contribution in [3.05, 3.63) is 47.3 Å². The van der Waals surface area contributed by atoms with Gasteiger partial charge in [0.25, 0.3) is 0 Å². The standard InChI is InChI=1S/C16H19N3O2/c1-3-19(10-15-11(2)17-21-18-15)16(20)14-9-13(14)12-7-5-4-6-8-12/h4-8,13-14H,3,9-10H2,1-2H3/t13-,14-/m1/s1. The quantitative estimate of drug-likeness (QED) is 0.847. The molecule has 0 spiro atoms. The summed E-state index contributed by atoms with van der Waals surface area (Å²) in [7, 11) is 0. The van der Waals surface area contributed by atoms with Crippen LogP contribution in [0.25, 0.3) is 0 Å². The summed E-state index contributed by atoms with van der Waals surface area (Å²) in [5.74, 6) is 0.672. The summed E-state index contributed by atoms with van der Waals surface area (Å²) in [6, 6.07) is 10.2. The molecular formula is C16H19N3O2. The number of carbonyl (C=O) groups excluding carboxylic acids is 1. The first-order valence-corrected chi connectivity index (χ1v) is 7.32. The van der Waals surface area contributed by atoms with E-state index in [9.17, 15) is 4.79 Å². The average molecular weight is 285 g/mol. The maximum absolute atomic E-state index is 12.6. The first kappa shape index (κ1) is 13.8. The van der Waals surface area contributed by atoms with Crippen molar-refractivity contribution in [1.29, 1.82) is 0 Å². The van der Waals surface area contributed by atoms with Crippen molar-refractivity contribution in [1.82, 2.24) is 15.2 Å². The second kappa shape index (κ2) is 5.68. The second-order valence-electron chi connectivity index (χ2n) is 5.51. The molecule has 0 aliphatic heterocycles. The maximum atomic E-state index is 12.6. The zero-order chi connectivity index (χ0) is 14.8. The molecule has 1 saturated carbocycles. The van der Waals surface area contributed by atoms with Crippen LogP contribution in [0.4, 0.5) is 0 Å². The Kier molecular flexibility index (Phi) is 3.73. The van der Waals surface area contributed by atoms with Crippen molar-refractivity contribution in [2.24, 2.45) is 5.92 Å². The summed E-state index contributed by atoms with van der Waals surface area (Å²) >= 11 is 0. The van der Waals surface area contributed by atoms with Gasteiger partial charge in [0.2, 0.25) is 5.91 Å². The monoisotopic (exact) mass is 285 g/mol. The molecule has 0 N–H and O–H groups in total. The molecule has 5 nitrogen and oxygen atoms in total. The number of benzene rings is 1. The molecule has 1 aromatic carbocycles. The van der Waals surface area contributed by atoms with E-state index in [1.54, 1.807) is 0 Å². The average Bonchev–Trinajstić information content (AvgIpc) is 3.22. The molecule has 0 unspecified atom stereocenters. The number of hydrogen-bond acceptors (Lipinski definition) is 4. The van der Waals surface area contributed by atoms with Crippen molar-refractivity contribution in [2.45, 2.75) is 32.7 Å². The summed E-state index contributed by atoms with van der Waals surface area (Å²) in [5.41, 5.74) is 2.74. The van der Waals surface area contributed by atoms with Crippen LogP contribution in [-0.2, 0) is 11.3 Å². The molecule has 5 heteroatoms. The summed E-state index contributed by atoms with van der Waals surface area (Å²) < 4.78 is 4.70. The molecular weight excluding hydrogens is 266 g/mol. The van der Waals surface area contributed by atoms with Crippen molar-refractivity contribution in [3.8, 4) is 0 Å². The third-order valence-corrected chi connectivity index (χ3v) is 4.12. The molecule has 2 atom stereocenters. The van der Waals surface area contributed by atoms with Gasteiger partial charge in [0.1, 0.15) is 11.4 Å². The van der Waals surface area contributed by atoms with Crippen LogP contribution in [0.15, 0.2) is 35.0 Å². The zero-order valence-corrected chi connectivity index (χ0v) is 12.3. The van der Waals surface area contributed by atoms with Gasteiger partial charge in [0.05, 0.1) is 6.54 Å². The van der Waals surface area contributed by atoms with Gasteiger partial charge in [-0.15, -0.1) is 0 Å². The van der Waals surface area contributed by atoms with E-state index in [0.717, 1.165) is 17.8 Å². The Morgan fingerprint density at radius 3 is 2.71 bits per heavy atom. The number of amides is 1. The van der Waals surface area contributed by atoms with E-state index in [1.807, 2.05) is 36.9 Å². The molecule has 1 fully saturated rings. The largest absolute Gasteiger partial charge is 0.337 e. The molecule has 21 heavy (non-hydrogen) atoms. The number of nitrogens with zero attached hydrogens (tertiary/aromatic N) is 3. The number of aromatic nitrogens is 2. The molecule has 1 amide bonds. The number of rotatable bonds is 5. The van der Waals surface area contributed by atoms with E-state index >= 15 is 0 Å². The van der Waals surface area contributed by atoms with Crippen LogP contribution in [0.2, 0.25) is 0 Å². The molecule has 1 heterocycles. The van der Waals surface area contributed by atoms with E-state index < -0.39 is 0 Å². The van der Waals surface area contributed by atoms with Gasteiger partial charge >= 0.3 is 0 Å². The van der Waals surface area contributed by atoms with Gasteiger partial charge in [-0.3, -0.25) is 4.79 Å². The minimum atomic E-state index is 0.104. The predicted octanol–water partition coefficient (Wildman–Crippen LogP) is 2.53. The Bertz CT molecular complexity index is 623. The van der Waals surface area contributed by atoms with E-state index in [1.165, 1.54) is 5.56 Å². The highest BCUT2D eigenvalue weighted by atomic mass is 16.6. The summed E-state index contributed by atoms with van der Waals surface area (Å²) in [4.78, 5) is 14.4. The molecule has 1 aliphatic carbocycles. The first-order valence-electron chi connectivity index (χ1n) is 7.32. The third-order valence-electron chi connectivity index (χ3n) is 4.12. The Balaban J connectivity index is 1.66. The highest BCUT2D eigenvalue weighted by molar-refractivity contribution is 5.83. The van der Waals surface area contributed by atoms with Crippen LogP contribution in [0.1, 0.15) is 36.2 Å². The SMILES string of the molecule is CCN(Cc1nonc1C)C(=O)[C@@H]1C[C@@H]1c1ccccc1. The number of aryl methyl sites for hydroxylation is 1. The van der Waals surface area contributed by atoms with Crippen LogP contribution < -0.4 is 0 Å². The molecule has 0 bridgehead atoms. The van der Waals surface area contributed by atoms with Crippen LogP contribution in [0, 0.1) is 12.8 Å². The van der Waals surface area contributed by atoms with Crippen molar-refractivity contribution < 1.29 is 9.42 Å². The van der Waals surface area contributed by atoms with Gasteiger partial charge in [-0.25, -0.2) is 4.63 Å². The van der Waals surface area contributed by atoms with Gasteiger partial charge < -0.3 is 4.90 Å². The lowest BCUT2D eigenvalue weighted by Gasteiger charge is -2.19. The van der Waals surface area contributed by atoms with E-state index in [0.29, 0.717) is 19.0 Å². The topological polar surface area (TPSA) is 59.2 Å². The molecule has 110 valence electrons. The first-order chi connectivity index (χ1) is 10.2. The lowest BCUT2D eigenvalue weighted by molar-refractivity contribution is -0.133. The van der Waals surface area contributed by atoms with Gasteiger partial charge in [0, 0.05) is 12.5 Å². The Labute approximate surface area is 123 Å². The van der Waals surface area contributed by atoms with E-state index in [-0.39, 0.29) is 11.8 Å². The highest BCUT2D eigenvalue weighted by Crippen LogP contribution is 2.48. The third kappa shape index (κ3) is 2.82. The number of carbonyl (C=O) groups is 1. The van der Waals surface area contributed by atoms with Crippen LogP contribution >= 0.6 is 0 Å². The van der Waals surface area contributed by atoms with Crippen LogP contribution in [0.3, 0.4) is 0 Å². The lowest BCUT2D eigenvalue weighted by Crippen LogP contribution is -2.32. The summed E-state index contributed by atoms with van der Waals surface area (Å²) in [6.45, 7) is 4.97. The van der Waals surface area contributed by atoms with Crippen molar-refractivity contribution in [3.63, 3.8) is 0 Å². The maximum Gasteiger partial charge on any atom is 0.226 e. The minimum absolute atomic E-state index is 0.104. The Hall–Kier alpha value is -2.17. The van der Waals surface area contributed by atoms with Crippen molar-refractivity contribution >= 4 is 5.91 Å². The molecule has 2 aromatic rings. The fourth-order valence-electron chi connectivity index (χ4n) is 2.69. The summed E-state index contributed by atoms with van der Waals surface area (Å²) in [6.07, 6.45) is 0.940. The van der Waals surface area contributed by atoms with E-state index in [2.05, 4.69) is 22.4 Å². The van der Waals surface area contributed by atoms with Gasteiger partial charge in [-0.1, -0.05) is 40.6 Å². The fraction of sp³-hybridized carbons (Fsp3) is 0.438. The van der Waals surface area contributed by atoms with Crippen LogP contribution in [0.5, 0.6) is 0 Å². The normalized spacial score (nSPS) is 20.3. The minimum Gasteiger partial charge on any atom is -0.337 e. The highest BCUT2D eigenvalue weighted by Gasteiger charge is 2.45. The van der Waals surface area contributed by atoms with Gasteiger partial charge in [-0.2, -0.15) is 0 Å². The Morgan fingerprint density at radius 2 is 2.10 bits per heavy atom. The second-order valence-corrected chi connectivity index (χ2v) is 5.51. The molecule has 0 saturated heterocycles. The van der Waals surface area contributed by atoms with E-state index in [4.69, 9.17) is 4.63 Å². The zero-order valence-electron chi connectivity index (χ0n) is 12.3. The molecule has 3 rings (SSSR count). The number of hydrogen-bond donors (Lipinski definition) is 0. The summed E-state index contributed by atoms with van der Waals surface area (Å²) in [5, 5.41) is 7.63. The molecule has 1 aromatic heterocycles. The Morgan fingerprint density at radius 1 is 1.33 bits per heavy atom. The predicted molar refractivity (Wildman–Crippen MR) is 77.4 cm³/mol. The fourth-order valence-corrected chi connectivity index (χ4v) is 2.69. The van der Waals surface area contributed by atoms with Crippen LogP contribution in [-0.4, -0.2) is 27.7 Å². The molecule has 1 aliphatic rings. The van der Waals surface area contributed by atoms with Crippen molar-refractivity contribution in [2.75, 3.05) is 6.54 Å².